The Balaban J connectivity index is 0.000000207. The molecule has 51 heavy (non-hydrogen) atoms. The molecule has 0 aliphatic heterocycles. The topological polar surface area (TPSA) is 211 Å². The van der Waals surface area contributed by atoms with Gasteiger partial charge in [-0.05, 0) is 47.5 Å². The van der Waals surface area contributed by atoms with Gasteiger partial charge < -0.3 is 30.4 Å². The van der Waals surface area contributed by atoms with E-state index in [0.29, 0.717) is 16.6 Å². The van der Waals surface area contributed by atoms with Gasteiger partial charge in [-0.15, -0.1) is 47.3 Å². The number of rotatable bonds is 8. The van der Waals surface area contributed by atoms with Crippen molar-refractivity contribution in [1.29, 1.82) is 0 Å². The smallest absolute Gasteiger partial charge is 0.369 e. The summed E-state index contributed by atoms with van der Waals surface area (Å²) in [6.45, 7) is 0.561. The van der Waals surface area contributed by atoms with E-state index in [2.05, 4.69) is 71.9 Å². The number of carbonyl (C=O) groups is 4. The molecule has 2 aromatic carbocycles. The summed E-state index contributed by atoms with van der Waals surface area (Å²) in [6.07, 6.45) is 5.85. The Labute approximate surface area is 324 Å². The molecule has 14 nitrogen and oxygen atoms in total. The van der Waals surface area contributed by atoms with Gasteiger partial charge in [0, 0.05) is 48.6 Å². The lowest BCUT2D eigenvalue weighted by Gasteiger charge is -2.07. The van der Waals surface area contributed by atoms with Crippen LogP contribution in [0.15, 0.2) is 73.3 Å². The zero-order valence-corrected chi connectivity index (χ0v) is 32.4. The average Bonchev–Trinajstić information content (AvgIpc) is 3.69. The number of pyridine rings is 2. The molecule has 0 unspecified atom stereocenters. The molecule has 0 spiro atoms. The highest BCUT2D eigenvalue weighted by molar-refractivity contribution is 9.69. The van der Waals surface area contributed by atoms with E-state index >= 15 is 0 Å². The Bertz CT molecular complexity index is 2270. The number of methoxy groups -OCH3 is 1. The van der Waals surface area contributed by atoms with Crippen LogP contribution in [-0.2, 0) is 17.8 Å². The number of ether oxygens (including phenoxy) is 1. The largest absolute Gasteiger partial charge is 0.476 e. The summed E-state index contributed by atoms with van der Waals surface area (Å²) in [5.41, 5.74) is 13.7. The van der Waals surface area contributed by atoms with E-state index in [1.165, 1.54) is 28.6 Å². The van der Waals surface area contributed by atoms with Gasteiger partial charge in [0.2, 0.25) is 0 Å². The van der Waals surface area contributed by atoms with Gasteiger partial charge in [-0.2, -0.15) is 0 Å². The molecule has 0 saturated heterocycles. The number of benzene rings is 2. The normalized spacial score (nSPS) is 10.5. The third-order valence-corrected chi connectivity index (χ3v) is 7.15. The van der Waals surface area contributed by atoms with Crippen LogP contribution in [0, 0.1) is 0 Å². The molecule has 0 fully saturated rings. The Morgan fingerprint density at radius 1 is 0.765 bits per heavy atom. The van der Waals surface area contributed by atoms with Crippen molar-refractivity contribution >= 4 is 119 Å². The zero-order valence-electron chi connectivity index (χ0n) is 26.1. The Hall–Kier alpha value is -4.36. The molecule has 0 atom stereocenters. The Morgan fingerprint density at radius 2 is 1.18 bits per heavy atom. The van der Waals surface area contributed by atoms with Gasteiger partial charge in [0.25, 0.3) is 11.8 Å². The van der Waals surface area contributed by atoms with E-state index < -0.39 is 23.8 Å². The molecule has 5 N–H and O–H groups in total. The van der Waals surface area contributed by atoms with Crippen LogP contribution in [0.4, 0.5) is 0 Å². The molecule has 0 aliphatic carbocycles. The van der Waals surface area contributed by atoms with Crippen LogP contribution in [0.1, 0.15) is 53.3 Å². The number of imidazole rings is 2. The number of hydrogen-bond donors (Lipinski definition) is 3. The maximum Gasteiger partial charge on any atom is 0.369 e. The second-order valence-corrected chi connectivity index (χ2v) is 17.6. The fraction of sp³-hybridized carbons (Fsp3) is 0.0968. The van der Waals surface area contributed by atoms with E-state index in [1.54, 1.807) is 24.5 Å². The molecule has 2 amide bonds. The predicted octanol–water partition coefficient (Wildman–Crippen LogP) is 6.10. The first-order chi connectivity index (χ1) is 24.1. The third kappa shape index (κ3) is 10.8. The summed E-state index contributed by atoms with van der Waals surface area (Å²) < 4.78 is 7.80. The molecule has 0 bridgehead atoms. The number of fused-ring (bicyclic) bond motifs is 2. The summed E-state index contributed by atoms with van der Waals surface area (Å²) in [7, 11) is 1.24. The van der Waals surface area contributed by atoms with E-state index in [0.717, 1.165) is 32.9 Å². The minimum atomic E-state index is -1.22. The first-order valence-electron chi connectivity index (χ1n) is 14.2. The summed E-state index contributed by atoms with van der Waals surface area (Å²) >= 11 is 21.2. The van der Waals surface area contributed by atoms with Crippen molar-refractivity contribution in [3.8, 4) is 0 Å². The summed E-state index contributed by atoms with van der Waals surface area (Å²) in [6, 6.07) is 14.7. The van der Waals surface area contributed by atoms with Crippen LogP contribution < -0.4 is 11.5 Å². The first-order valence-corrected chi connectivity index (χ1v) is 17.7. The van der Waals surface area contributed by atoms with Gasteiger partial charge in [0.15, 0.2) is 23.0 Å². The highest BCUT2D eigenvalue weighted by Gasteiger charge is 2.19. The van der Waals surface area contributed by atoms with Crippen LogP contribution in [0.3, 0.4) is 0 Å². The van der Waals surface area contributed by atoms with Crippen LogP contribution in [-0.4, -0.2) is 68.2 Å². The molecule has 6 aromatic rings. The van der Waals surface area contributed by atoms with Gasteiger partial charge in [-0.25, -0.2) is 19.6 Å². The van der Waals surface area contributed by atoms with Gasteiger partial charge >= 0.3 is 15.1 Å². The molecule has 0 radical (unpaired) electrons. The zero-order chi connectivity index (χ0) is 37.4. The van der Waals surface area contributed by atoms with E-state index in [-0.39, 0.29) is 32.8 Å². The lowest BCUT2D eigenvalue weighted by Crippen LogP contribution is -2.18. The van der Waals surface area contributed by atoms with Gasteiger partial charge in [0.1, 0.15) is 0 Å². The number of carboxylic acids is 1. The van der Waals surface area contributed by atoms with Crippen molar-refractivity contribution in [2.45, 2.75) is 13.1 Å². The van der Waals surface area contributed by atoms with Crippen molar-refractivity contribution in [3.63, 3.8) is 0 Å². The number of esters is 1. The van der Waals surface area contributed by atoms with Crippen LogP contribution in [0.2, 0.25) is 10.0 Å². The molecule has 0 saturated carbocycles. The van der Waals surface area contributed by atoms with E-state index in [4.69, 9.17) is 39.8 Å². The lowest BCUT2D eigenvalue weighted by molar-refractivity contribution is 0.0593. The van der Waals surface area contributed by atoms with E-state index in [1.807, 2.05) is 36.4 Å². The fourth-order valence-corrected chi connectivity index (χ4v) is 5.00. The third-order valence-electron chi connectivity index (χ3n) is 6.74. The molecular weight excluding hydrogens is 902 g/mol. The SMILES string of the molecule is BrB(Br)Br.COC(=O)c1cn(Cc2ccc3ncc(Cl)cc3c2)c(C(N)=O)n1.NC(=O)c1nc(C(=O)O)cn1Cc1ccc2ncc(Cl)cc2c1. The average molecular weight is 926 g/mol. The minimum absolute atomic E-state index is 0.0142. The molecule has 20 heteroatoms. The maximum absolute atomic E-state index is 11.6. The van der Waals surface area contributed by atoms with Crippen LogP contribution >= 0.6 is 70.5 Å². The van der Waals surface area contributed by atoms with Crippen LogP contribution in [0.25, 0.3) is 21.8 Å². The van der Waals surface area contributed by atoms with Crippen molar-refractivity contribution < 1.29 is 29.0 Å². The molecule has 4 heterocycles. The highest BCUT2D eigenvalue weighted by atomic mass is 79.9. The number of aromatic carboxylic acids is 1. The second kappa shape index (κ2) is 17.7. The predicted molar refractivity (Wildman–Crippen MR) is 204 cm³/mol. The van der Waals surface area contributed by atoms with Gasteiger partial charge in [0.05, 0.1) is 28.2 Å². The van der Waals surface area contributed by atoms with Crippen molar-refractivity contribution in [3.05, 3.63) is 118 Å². The molecular formula is C31H24BBr3Cl2N8O6. The number of amides is 2. The summed E-state index contributed by atoms with van der Waals surface area (Å²) in [5.74, 6) is -3.49. The monoisotopic (exact) mass is 922 g/mol. The van der Waals surface area contributed by atoms with Crippen molar-refractivity contribution in [2.75, 3.05) is 7.11 Å². The number of carbonyl (C=O) groups excluding carboxylic acids is 3. The second-order valence-electron chi connectivity index (χ2n) is 10.3. The summed E-state index contributed by atoms with van der Waals surface area (Å²) in [4.78, 5) is 61.7. The van der Waals surface area contributed by atoms with Crippen LogP contribution in [0.5, 0.6) is 0 Å². The Morgan fingerprint density at radius 3 is 1.57 bits per heavy atom. The number of hydrogen-bond acceptors (Lipinski definition) is 9. The molecule has 262 valence electrons. The van der Waals surface area contributed by atoms with Crippen molar-refractivity contribution in [2.24, 2.45) is 11.5 Å². The molecule has 6 rings (SSSR count). The molecule has 0 aliphatic rings. The molecule has 4 aromatic heterocycles. The van der Waals surface area contributed by atoms with E-state index in [9.17, 15) is 19.2 Å². The number of aromatic nitrogens is 6. The number of primary amides is 2. The number of halogens is 5. The number of carboxylic acid groups (broad SMARTS) is 1. The minimum Gasteiger partial charge on any atom is -0.476 e. The number of nitrogens with zero attached hydrogens (tertiary/aromatic N) is 6. The maximum atomic E-state index is 11.6. The quantitative estimate of drug-likeness (QED) is 0.118. The van der Waals surface area contributed by atoms with Gasteiger partial charge in [-0.1, -0.05) is 35.3 Å². The number of nitrogens with two attached hydrogens (primary N) is 2. The first kappa shape index (κ1) is 39.4. The van der Waals surface area contributed by atoms with Gasteiger partial charge in [-0.3, -0.25) is 19.6 Å². The van der Waals surface area contributed by atoms with Crippen molar-refractivity contribution in [1.82, 2.24) is 29.1 Å². The fourth-order valence-electron chi connectivity index (χ4n) is 4.67. The Kier molecular flexibility index (Phi) is 13.7. The lowest BCUT2D eigenvalue weighted by atomic mass is 10.1. The summed E-state index contributed by atoms with van der Waals surface area (Å²) in [5, 5.41) is 11.8. The highest BCUT2D eigenvalue weighted by Crippen LogP contribution is 2.21. The standard InChI is InChI=1S/C16H13ClN4O3.C15H11ClN4O3.BBr3/c1-24-16(23)13-8-21(15(20-13)14(18)22)7-9-2-3-12-10(4-9)5-11(17)6-19-12;16-10-4-9-3-8(1-2-11(9)18-5-10)6-20-7-12(15(22)23)19-14(20)13(17)21;2-1(3)4/h2-6,8H,7H2,1H3,(H2,18,22);1-5,7H,6H2,(H2,17,21)(H,22,23);.